The summed E-state index contributed by atoms with van der Waals surface area (Å²) in [6, 6.07) is 3.98. The van der Waals surface area contributed by atoms with Gasteiger partial charge in [0, 0.05) is 32.0 Å². The van der Waals surface area contributed by atoms with Crippen LogP contribution >= 0.6 is 0 Å². The SMILES string of the molecule is c1cnc2nc(N3CCOC4(CCOC4)C3)ccc2n1. The van der Waals surface area contributed by atoms with E-state index < -0.39 is 0 Å². The zero-order valence-corrected chi connectivity index (χ0v) is 11.2. The van der Waals surface area contributed by atoms with E-state index in [9.17, 15) is 0 Å². The van der Waals surface area contributed by atoms with Crippen LogP contribution < -0.4 is 4.90 Å². The summed E-state index contributed by atoms with van der Waals surface area (Å²) in [6.45, 7) is 3.84. The van der Waals surface area contributed by atoms with Gasteiger partial charge in [0.1, 0.15) is 16.9 Å². The maximum absolute atomic E-state index is 5.94. The topological polar surface area (TPSA) is 60.4 Å². The number of hydrogen-bond donors (Lipinski definition) is 0. The number of ether oxygens (including phenoxy) is 2. The largest absolute Gasteiger partial charge is 0.378 e. The molecule has 6 nitrogen and oxygen atoms in total. The highest BCUT2D eigenvalue weighted by molar-refractivity contribution is 5.71. The fraction of sp³-hybridized carbons (Fsp3) is 0.500. The van der Waals surface area contributed by atoms with Gasteiger partial charge in [-0.1, -0.05) is 0 Å². The zero-order chi connectivity index (χ0) is 13.4. The molecular weight excluding hydrogens is 256 g/mol. The highest BCUT2D eigenvalue weighted by atomic mass is 16.6. The Hall–Kier alpha value is -1.79. The summed E-state index contributed by atoms with van der Waals surface area (Å²) in [6.07, 6.45) is 4.31. The second-order valence-corrected chi connectivity index (χ2v) is 5.32. The van der Waals surface area contributed by atoms with E-state index in [0.29, 0.717) is 18.9 Å². The van der Waals surface area contributed by atoms with Crippen molar-refractivity contribution in [3.63, 3.8) is 0 Å². The standard InChI is InChI=1S/C14H16N4O2/c1-2-12(17-13-11(1)15-4-5-16-13)18-6-8-20-14(9-18)3-7-19-10-14/h1-2,4-5H,3,6-10H2. The molecule has 1 atom stereocenters. The van der Waals surface area contributed by atoms with Crippen molar-refractivity contribution in [2.45, 2.75) is 12.0 Å². The van der Waals surface area contributed by atoms with Gasteiger partial charge in [0.25, 0.3) is 0 Å². The Kier molecular flexibility index (Phi) is 2.78. The minimum atomic E-state index is -0.156. The molecule has 4 rings (SSSR count). The molecule has 2 fully saturated rings. The quantitative estimate of drug-likeness (QED) is 0.772. The van der Waals surface area contributed by atoms with Crippen molar-refractivity contribution in [2.24, 2.45) is 0 Å². The van der Waals surface area contributed by atoms with Gasteiger partial charge in [-0.15, -0.1) is 0 Å². The number of fused-ring (bicyclic) bond motifs is 1. The van der Waals surface area contributed by atoms with Gasteiger partial charge >= 0.3 is 0 Å². The smallest absolute Gasteiger partial charge is 0.180 e. The molecule has 1 unspecified atom stereocenters. The van der Waals surface area contributed by atoms with Crippen LogP contribution in [-0.4, -0.2) is 53.5 Å². The van der Waals surface area contributed by atoms with E-state index in [1.807, 2.05) is 12.1 Å². The number of morpholine rings is 1. The fourth-order valence-electron chi connectivity index (χ4n) is 2.89. The van der Waals surface area contributed by atoms with Crippen LogP contribution in [0.3, 0.4) is 0 Å². The van der Waals surface area contributed by atoms with Gasteiger partial charge < -0.3 is 14.4 Å². The molecule has 0 N–H and O–H groups in total. The summed E-state index contributed by atoms with van der Waals surface area (Å²) in [5.74, 6) is 0.938. The summed E-state index contributed by atoms with van der Waals surface area (Å²) < 4.78 is 11.4. The Morgan fingerprint density at radius 3 is 3.00 bits per heavy atom. The second-order valence-electron chi connectivity index (χ2n) is 5.32. The molecule has 0 aliphatic carbocycles. The van der Waals surface area contributed by atoms with Crippen LogP contribution in [0.5, 0.6) is 0 Å². The number of aromatic nitrogens is 3. The summed E-state index contributed by atoms with van der Waals surface area (Å²) >= 11 is 0. The Bertz CT molecular complexity index is 627. The molecular formula is C14H16N4O2. The molecule has 2 aromatic heterocycles. The van der Waals surface area contributed by atoms with Gasteiger partial charge in [0.2, 0.25) is 0 Å². The van der Waals surface area contributed by atoms with Crippen molar-refractivity contribution in [1.82, 2.24) is 15.0 Å². The predicted octanol–water partition coefficient (Wildman–Crippen LogP) is 1.02. The third-order valence-corrected chi connectivity index (χ3v) is 3.96. The number of rotatable bonds is 1. The normalized spacial score (nSPS) is 26.5. The zero-order valence-electron chi connectivity index (χ0n) is 11.2. The minimum absolute atomic E-state index is 0.156. The fourth-order valence-corrected chi connectivity index (χ4v) is 2.89. The Morgan fingerprint density at radius 1 is 1.15 bits per heavy atom. The molecule has 2 aliphatic rings. The summed E-state index contributed by atoms with van der Waals surface area (Å²) in [5.41, 5.74) is 1.36. The lowest BCUT2D eigenvalue weighted by molar-refractivity contribution is -0.0581. The lowest BCUT2D eigenvalue weighted by Gasteiger charge is -2.40. The highest BCUT2D eigenvalue weighted by Crippen LogP contribution is 2.29. The molecule has 1 spiro atoms. The van der Waals surface area contributed by atoms with Crippen molar-refractivity contribution in [2.75, 3.05) is 37.8 Å². The number of nitrogens with zero attached hydrogens (tertiary/aromatic N) is 4. The lowest BCUT2D eigenvalue weighted by atomic mass is 10.0. The first-order valence-electron chi connectivity index (χ1n) is 6.89. The summed E-state index contributed by atoms with van der Waals surface area (Å²) in [5, 5.41) is 0. The van der Waals surface area contributed by atoms with E-state index in [4.69, 9.17) is 9.47 Å². The van der Waals surface area contributed by atoms with Crippen LogP contribution in [0.25, 0.3) is 11.2 Å². The summed E-state index contributed by atoms with van der Waals surface area (Å²) in [7, 11) is 0. The molecule has 2 saturated heterocycles. The van der Waals surface area contributed by atoms with Crippen LogP contribution in [0.4, 0.5) is 5.82 Å². The lowest BCUT2D eigenvalue weighted by Crippen LogP contribution is -2.52. The molecule has 2 aliphatic heterocycles. The molecule has 0 radical (unpaired) electrons. The van der Waals surface area contributed by atoms with E-state index in [1.165, 1.54) is 0 Å². The molecule has 20 heavy (non-hydrogen) atoms. The average Bonchev–Trinajstić information content (AvgIpc) is 2.94. The number of hydrogen-bond acceptors (Lipinski definition) is 6. The maximum Gasteiger partial charge on any atom is 0.180 e. The van der Waals surface area contributed by atoms with E-state index in [1.54, 1.807) is 12.4 Å². The van der Waals surface area contributed by atoms with Crippen molar-refractivity contribution in [1.29, 1.82) is 0 Å². The molecule has 2 aromatic rings. The van der Waals surface area contributed by atoms with E-state index in [2.05, 4.69) is 19.9 Å². The van der Waals surface area contributed by atoms with Gasteiger partial charge in [-0.05, 0) is 12.1 Å². The Morgan fingerprint density at radius 2 is 2.10 bits per heavy atom. The van der Waals surface area contributed by atoms with Crippen LogP contribution in [0, 0.1) is 0 Å². The second kappa shape index (κ2) is 4.64. The molecule has 4 heterocycles. The van der Waals surface area contributed by atoms with E-state index in [-0.39, 0.29) is 5.60 Å². The van der Waals surface area contributed by atoms with Crippen LogP contribution in [-0.2, 0) is 9.47 Å². The van der Waals surface area contributed by atoms with E-state index >= 15 is 0 Å². The third-order valence-electron chi connectivity index (χ3n) is 3.96. The first kappa shape index (κ1) is 12.0. The first-order chi connectivity index (χ1) is 9.85. The van der Waals surface area contributed by atoms with Crippen molar-refractivity contribution in [3.8, 4) is 0 Å². The molecule has 0 bridgehead atoms. The molecule has 0 amide bonds. The average molecular weight is 272 g/mol. The number of anilines is 1. The van der Waals surface area contributed by atoms with Gasteiger partial charge in [-0.2, -0.15) is 0 Å². The monoisotopic (exact) mass is 272 g/mol. The van der Waals surface area contributed by atoms with Gasteiger partial charge in [0.15, 0.2) is 5.65 Å². The third kappa shape index (κ3) is 2.01. The van der Waals surface area contributed by atoms with Crippen LogP contribution in [0.1, 0.15) is 6.42 Å². The van der Waals surface area contributed by atoms with Crippen molar-refractivity contribution >= 4 is 17.0 Å². The minimum Gasteiger partial charge on any atom is -0.378 e. The Labute approximate surface area is 116 Å². The van der Waals surface area contributed by atoms with Crippen LogP contribution in [0.2, 0.25) is 0 Å². The summed E-state index contributed by atoms with van der Waals surface area (Å²) in [4.78, 5) is 15.4. The Balaban J connectivity index is 1.64. The molecule has 104 valence electrons. The predicted molar refractivity (Wildman–Crippen MR) is 73.7 cm³/mol. The molecule has 0 saturated carbocycles. The first-order valence-corrected chi connectivity index (χ1v) is 6.89. The van der Waals surface area contributed by atoms with Gasteiger partial charge in [0.05, 0.1) is 19.8 Å². The van der Waals surface area contributed by atoms with E-state index in [0.717, 1.165) is 37.5 Å². The molecule has 0 aromatic carbocycles. The van der Waals surface area contributed by atoms with Crippen LogP contribution in [0.15, 0.2) is 24.5 Å². The maximum atomic E-state index is 5.94. The number of pyridine rings is 1. The van der Waals surface area contributed by atoms with Crippen molar-refractivity contribution in [3.05, 3.63) is 24.5 Å². The highest BCUT2D eigenvalue weighted by Gasteiger charge is 2.40. The molecule has 6 heteroatoms. The van der Waals surface area contributed by atoms with Gasteiger partial charge in [-0.3, -0.25) is 4.98 Å². The van der Waals surface area contributed by atoms with Crippen molar-refractivity contribution < 1.29 is 9.47 Å². The van der Waals surface area contributed by atoms with Gasteiger partial charge in [-0.25, -0.2) is 9.97 Å².